The average Bonchev–Trinajstić information content (AvgIpc) is 3.12. The van der Waals surface area contributed by atoms with E-state index < -0.39 is 10.0 Å². The minimum Gasteiger partial charge on any atom is -0.449 e. The van der Waals surface area contributed by atoms with Gasteiger partial charge in [0.15, 0.2) is 11.7 Å². The summed E-state index contributed by atoms with van der Waals surface area (Å²) < 4.78 is 33.0. The van der Waals surface area contributed by atoms with Crippen LogP contribution in [-0.2, 0) is 16.6 Å². The summed E-state index contributed by atoms with van der Waals surface area (Å²) in [7, 11) is 3.48. The van der Waals surface area contributed by atoms with E-state index in [1.165, 1.54) is 18.4 Å². The molecule has 0 bridgehead atoms. The van der Waals surface area contributed by atoms with Crippen LogP contribution in [0.2, 0.25) is 0 Å². The molecular weight excluding hydrogens is 394 g/mol. The molecule has 3 rings (SSSR count). The molecule has 0 aliphatic carbocycles. The Morgan fingerprint density at radius 3 is 2.00 bits per heavy atom. The van der Waals surface area contributed by atoms with Crippen molar-refractivity contribution in [3.8, 4) is 11.3 Å². The number of hydrogen-bond donors (Lipinski definition) is 1. The van der Waals surface area contributed by atoms with E-state index in [0.717, 1.165) is 5.56 Å². The molecule has 2 heterocycles. The van der Waals surface area contributed by atoms with Gasteiger partial charge in [-0.3, -0.25) is 0 Å². The summed E-state index contributed by atoms with van der Waals surface area (Å²) in [5, 5.41) is 0. The lowest BCUT2D eigenvalue weighted by molar-refractivity contribution is 0.521. The zero-order valence-electron chi connectivity index (χ0n) is 16.9. The molecule has 1 N–H and O–H groups in total. The highest BCUT2D eigenvalue weighted by Gasteiger charge is 2.17. The monoisotopic (exact) mass is 417 g/mol. The van der Waals surface area contributed by atoms with Crippen molar-refractivity contribution < 1.29 is 12.8 Å². The van der Waals surface area contributed by atoms with Crippen molar-refractivity contribution in [1.29, 1.82) is 0 Å². The van der Waals surface area contributed by atoms with Crippen LogP contribution < -0.4 is 14.5 Å². The van der Waals surface area contributed by atoms with Gasteiger partial charge in [-0.25, -0.2) is 18.1 Å². The molecule has 0 aliphatic heterocycles. The minimum atomic E-state index is -3.74. The van der Waals surface area contributed by atoms with Gasteiger partial charge in [0.25, 0.3) is 0 Å². The van der Waals surface area contributed by atoms with E-state index in [-0.39, 0.29) is 11.4 Å². The molecule has 1 aromatic carbocycles. The van der Waals surface area contributed by atoms with E-state index >= 15 is 0 Å². The van der Waals surface area contributed by atoms with Crippen LogP contribution >= 0.6 is 0 Å². The van der Waals surface area contributed by atoms with E-state index in [0.29, 0.717) is 29.3 Å². The van der Waals surface area contributed by atoms with Crippen LogP contribution in [0, 0.1) is 6.92 Å². The molecule has 0 saturated heterocycles. The Morgan fingerprint density at radius 2 is 1.52 bits per heavy atom. The molecule has 0 amide bonds. The number of aryl methyl sites for hydroxylation is 1. The van der Waals surface area contributed by atoms with Crippen molar-refractivity contribution in [2.24, 2.45) is 0 Å². The van der Waals surface area contributed by atoms with Crippen molar-refractivity contribution in [3.05, 3.63) is 42.2 Å². The number of benzene rings is 1. The molecule has 0 radical (unpaired) electrons. The Morgan fingerprint density at radius 1 is 0.931 bits per heavy atom. The van der Waals surface area contributed by atoms with Crippen LogP contribution in [0.25, 0.3) is 11.3 Å². The van der Waals surface area contributed by atoms with Crippen LogP contribution in [0.1, 0.15) is 11.7 Å². The number of nitrogens with zero attached hydrogens (tertiary/aromatic N) is 6. The van der Waals surface area contributed by atoms with Gasteiger partial charge in [-0.05, 0) is 12.1 Å². The fourth-order valence-electron chi connectivity index (χ4n) is 2.42. The minimum absolute atomic E-state index is 0.0588. The second-order valence-electron chi connectivity index (χ2n) is 6.74. The number of anilines is 2. The van der Waals surface area contributed by atoms with E-state index in [4.69, 9.17) is 4.42 Å². The smallest absolute Gasteiger partial charge is 0.240 e. The van der Waals surface area contributed by atoms with E-state index in [1.54, 1.807) is 57.0 Å². The SMILES string of the molecule is Cc1nc(-c2ccc(S(=O)(=O)NCc3nc(N(C)C)nc(N(C)C)n3)cc2)co1. The van der Waals surface area contributed by atoms with Crippen LogP contribution in [-0.4, -0.2) is 56.5 Å². The van der Waals surface area contributed by atoms with Crippen molar-refractivity contribution in [3.63, 3.8) is 0 Å². The Bertz CT molecular complexity index is 1070. The zero-order chi connectivity index (χ0) is 21.2. The highest BCUT2D eigenvalue weighted by molar-refractivity contribution is 7.89. The maximum Gasteiger partial charge on any atom is 0.240 e. The molecule has 154 valence electrons. The summed E-state index contributed by atoms with van der Waals surface area (Å²) in [5.41, 5.74) is 1.42. The van der Waals surface area contributed by atoms with E-state index in [9.17, 15) is 8.42 Å². The quantitative estimate of drug-likeness (QED) is 0.609. The van der Waals surface area contributed by atoms with Crippen molar-refractivity contribution in [2.45, 2.75) is 18.4 Å². The molecule has 29 heavy (non-hydrogen) atoms. The van der Waals surface area contributed by atoms with Crippen LogP contribution in [0.5, 0.6) is 0 Å². The third kappa shape index (κ3) is 4.87. The van der Waals surface area contributed by atoms with Gasteiger partial charge in [-0.1, -0.05) is 12.1 Å². The van der Waals surface area contributed by atoms with Gasteiger partial charge < -0.3 is 14.2 Å². The first-order valence-corrected chi connectivity index (χ1v) is 10.3. The van der Waals surface area contributed by atoms with E-state index in [2.05, 4.69) is 24.7 Å². The fraction of sp³-hybridized carbons (Fsp3) is 0.333. The summed E-state index contributed by atoms with van der Waals surface area (Å²) in [6.45, 7) is 1.69. The van der Waals surface area contributed by atoms with Gasteiger partial charge in [0, 0.05) is 40.7 Å². The van der Waals surface area contributed by atoms with Gasteiger partial charge in [-0.2, -0.15) is 15.0 Å². The fourth-order valence-corrected chi connectivity index (χ4v) is 3.40. The van der Waals surface area contributed by atoms with Gasteiger partial charge in [0.2, 0.25) is 21.9 Å². The Hall–Kier alpha value is -3.05. The third-order valence-electron chi connectivity index (χ3n) is 3.96. The maximum atomic E-state index is 12.7. The Labute approximate surface area is 169 Å². The average molecular weight is 417 g/mol. The summed E-state index contributed by atoms with van der Waals surface area (Å²) in [4.78, 5) is 20.7. The molecule has 0 spiro atoms. The van der Waals surface area contributed by atoms with Crippen molar-refractivity contribution in [2.75, 3.05) is 38.0 Å². The Kier molecular flexibility index (Phi) is 5.80. The summed E-state index contributed by atoms with van der Waals surface area (Å²) in [6.07, 6.45) is 1.53. The lowest BCUT2D eigenvalue weighted by Gasteiger charge is -2.16. The molecule has 2 aromatic heterocycles. The molecule has 3 aromatic rings. The maximum absolute atomic E-state index is 12.7. The molecule has 0 saturated carbocycles. The molecule has 0 fully saturated rings. The number of nitrogens with one attached hydrogen (secondary N) is 1. The molecule has 0 unspecified atom stereocenters. The summed E-state index contributed by atoms with van der Waals surface area (Å²) in [6, 6.07) is 6.41. The molecule has 10 nitrogen and oxygen atoms in total. The number of aromatic nitrogens is 4. The first kappa shape index (κ1) is 20.7. The van der Waals surface area contributed by atoms with Gasteiger partial charge in [0.05, 0.1) is 11.4 Å². The van der Waals surface area contributed by atoms with E-state index in [1.807, 2.05) is 0 Å². The normalized spacial score (nSPS) is 11.5. The predicted octanol–water partition coefficient (Wildman–Crippen LogP) is 1.45. The van der Waals surface area contributed by atoms with Gasteiger partial charge in [-0.15, -0.1) is 0 Å². The predicted molar refractivity (Wildman–Crippen MR) is 109 cm³/mol. The highest BCUT2D eigenvalue weighted by Crippen LogP contribution is 2.21. The largest absolute Gasteiger partial charge is 0.449 e. The highest BCUT2D eigenvalue weighted by atomic mass is 32.2. The van der Waals surface area contributed by atoms with Crippen molar-refractivity contribution in [1.82, 2.24) is 24.7 Å². The summed E-state index contributed by atoms with van der Waals surface area (Å²) in [5.74, 6) is 1.77. The molecule has 0 atom stereocenters. The first-order chi connectivity index (χ1) is 13.7. The number of oxazole rings is 1. The topological polar surface area (TPSA) is 117 Å². The second-order valence-corrected chi connectivity index (χ2v) is 8.51. The standard InChI is InChI=1S/C18H23N7O3S/c1-12-20-15(11-28-12)13-6-8-14(9-7-13)29(26,27)19-10-16-21-17(24(2)3)23-18(22-16)25(4)5/h6-9,11,19H,10H2,1-5H3. The molecule has 11 heteroatoms. The van der Waals surface area contributed by atoms with Crippen LogP contribution in [0.15, 0.2) is 39.8 Å². The van der Waals surface area contributed by atoms with Crippen LogP contribution in [0.4, 0.5) is 11.9 Å². The van der Waals surface area contributed by atoms with Crippen LogP contribution in [0.3, 0.4) is 0 Å². The Balaban J connectivity index is 1.78. The lowest BCUT2D eigenvalue weighted by Crippen LogP contribution is -2.26. The number of hydrogen-bond acceptors (Lipinski definition) is 9. The zero-order valence-corrected chi connectivity index (χ0v) is 17.7. The number of sulfonamides is 1. The lowest BCUT2D eigenvalue weighted by atomic mass is 10.2. The van der Waals surface area contributed by atoms with Gasteiger partial charge >= 0.3 is 0 Å². The molecular formula is C18H23N7O3S. The first-order valence-electron chi connectivity index (χ1n) is 8.77. The number of rotatable bonds is 7. The third-order valence-corrected chi connectivity index (χ3v) is 5.37. The molecule has 0 aliphatic rings. The van der Waals surface area contributed by atoms with Crippen molar-refractivity contribution >= 4 is 21.9 Å². The summed E-state index contributed by atoms with van der Waals surface area (Å²) >= 11 is 0. The van der Waals surface area contributed by atoms with Gasteiger partial charge in [0.1, 0.15) is 12.0 Å². The second kappa shape index (κ2) is 8.13.